The van der Waals surface area contributed by atoms with Crippen LogP contribution in [0.1, 0.15) is 27.5 Å². The van der Waals surface area contributed by atoms with Crippen LogP contribution in [-0.2, 0) is 16.1 Å². The Morgan fingerprint density at radius 1 is 1.00 bits per heavy atom. The van der Waals surface area contributed by atoms with Gasteiger partial charge in [-0.25, -0.2) is 9.07 Å². The van der Waals surface area contributed by atoms with Gasteiger partial charge in [0.05, 0.1) is 22.4 Å². The third kappa shape index (κ3) is 6.21. The van der Waals surface area contributed by atoms with E-state index in [-0.39, 0.29) is 41.7 Å². The van der Waals surface area contributed by atoms with Gasteiger partial charge >= 0.3 is 0 Å². The number of rotatable bonds is 7. The number of halogens is 2. The smallest absolute Gasteiger partial charge is 0.240 e. The first kappa shape index (κ1) is 28.7. The van der Waals surface area contributed by atoms with Gasteiger partial charge in [0.15, 0.2) is 0 Å². The Labute approximate surface area is 258 Å². The maximum Gasteiger partial charge on any atom is 0.240 e. The second-order valence-electron chi connectivity index (χ2n) is 10.3. The zero-order valence-electron chi connectivity index (χ0n) is 23.3. The Morgan fingerprint density at radius 2 is 1.74 bits per heavy atom. The number of nitrogens with one attached hydrogen (secondary N) is 1. The van der Waals surface area contributed by atoms with Crippen molar-refractivity contribution in [3.8, 4) is 16.9 Å². The van der Waals surface area contributed by atoms with Gasteiger partial charge in [0.2, 0.25) is 11.8 Å². The lowest BCUT2D eigenvalue weighted by Gasteiger charge is -2.23. The summed E-state index contributed by atoms with van der Waals surface area (Å²) in [6.07, 6.45) is 0. The zero-order chi connectivity index (χ0) is 29.9. The molecule has 0 spiro atoms. The van der Waals surface area contributed by atoms with Crippen LogP contribution >= 0.6 is 23.4 Å². The van der Waals surface area contributed by atoms with E-state index in [2.05, 4.69) is 5.32 Å². The molecule has 216 valence electrons. The Morgan fingerprint density at radius 3 is 2.47 bits per heavy atom. The Hall–Kier alpha value is -4.40. The topological polar surface area (TPSA) is 67.2 Å². The van der Waals surface area contributed by atoms with E-state index in [0.29, 0.717) is 10.8 Å². The first-order valence-corrected chi connectivity index (χ1v) is 15.2. The predicted molar refractivity (Wildman–Crippen MR) is 170 cm³/mol. The average molecular weight is 611 g/mol. The first-order valence-electron chi connectivity index (χ1n) is 13.8. The molecular formula is C34H28ClFN4O2S. The molecule has 9 heteroatoms. The number of hydrogen-bond acceptors (Lipinski definition) is 4. The van der Waals surface area contributed by atoms with Crippen LogP contribution in [0, 0.1) is 12.7 Å². The van der Waals surface area contributed by atoms with Gasteiger partial charge in [-0.2, -0.15) is 5.10 Å². The van der Waals surface area contributed by atoms with Crippen LogP contribution in [0.2, 0.25) is 5.02 Å². The molecule has 6 rings (SSSR count). The van der Waals surface area contributed by atoms with Crippen LogP contribution in [0.5, 0.6) is 0 Å². The molecule has 1 aliphatic rings. The molecule has 1 N–H and O–H groups in total. The van der Waals surface area contributed by atoms with E-state index in [0.717, 1.165) is 39.2 Å². The number of anilines is 1. The van der Waals surface area contributed by atoms with E-state index in [4.69, 9.17) is 16.7 Å². The fraction of sp³-hybridized carbons (Fsp3) is 0.147. The summed E-state index contributed by atoms with van der Waals surface area (Å²) in [5.74, 6) is -0.199. The highest BCUT2D eigenvalue weighted by Gasteiger charge is 2.37. The molecular weight excluding hydrogens is 583 g/mol. The largest absolute Gasteiger partial charge is 0.350 e. The molecule has 2 heterocycles. The lowest BCUT2D eigenvalue weighted by molar-refractivity contribution is -0.123. The molecule has 2 amide bonds. The van der Waals surface area contributed by atoms with Gasteiger partial charge in [0, 0.05) is 22.7 Å². The first-order chi connectivity index (χ1) is 20.9. The summed E-state index contributed by atoms with van der Waals surface area (Å²) in [5, 5.41) is 8.31. The number of aryl methyl sites for hydroxylation is 1. The predicted octanol–water partition coefficient (Wildman–Crippen LogP) is 7.13. The third-order valence-electron chi connectivity index (χ3n) is 7.27. The molecule has 0 fully saturated rings. The summed E-state index contributed by atoms with van der Waals surface area (Å²) in [7, 11) is 0. The minimum absolute atomic E-state index is 0.152. The average Bonchev–Trinajstić information content (AvgIpc) is 3.34. The van der Waals surface area contributed by atoms with Crippen molar-refractivity contribution in [1.82, 2.24) is 15.1 Å². The van der Waals surface area contributed by atoms with E-state index in [1.165, 1.54) is 28.8 Å². The van der Waals surface area contributed by atoms with Crippen molar-refractivity contribution in [2.24, 2.45) is 0 Å². The van der Waals surface area contributed by atoms with E-state index >= 15 is 0 Å². The molecule has 0 unspecified atom stereocenters. The number of hydrogen-bond donors (Lipinski definition) is 1. The van der Waals surface area contributed by atoms with Gasteiger partial charge in [-0.15, -0.1) is 11.8 Å². The van der Waals surface area contributed by atoms with Gasteiger partial charge < -0.3 is 5.32 Å². The highest BCUT2D eigenvalue weighted by atomic mass is 35.5. The Kier molecular flexibility index (Phi) is 8.31. The van der Waals surface area contributed by atoms with Gasteiger partial charge in [-0.1, -0.05) is 83.9 Å². The van der Waals surface area contributed by atoms with Gasteiger partial charge in [0.1, 0.15) is 18.2 Å². The molecule has 4 aromatic carbocycles. The fourth-order valence-corrected chi connectivity index (χ4v) is 6.52. The zero-order valence-corrected chi connectivity index (χ0v) is 24.9. The van der Waals surface area contributed by atoms with Crippen LogP contribution in [0.25, 0.3) is 16.9 Å². The highest BCUT2D eigenvalue weighted by molar-refractivity contribution is 8.00. The number of nitrogens with zero attached hydrogens (tertiary/aromatic N) is 3. The van der Waals surface area contributed by atoms with Crippen molar-refractivity contribution in [2.75, 3.05) is 17.2 Å². The maximum atomic E-state index is 13.9. The number of aromatic nitrogens is 2. The van der Waals surface area contributed by atoms with Gasteiger partial charge in [0.25, 0.3) is 0 Å². The summed E-state index contributed by atoms with van der Waals surface area (Å²) < 4.78 is 15.1. The summed E-state index contributed by atoms with van der Waals surface area (Å²) in [6.45, 7) is 2.01. The monoisotopic (exact) mass is 610 g/mol. The molecule has 5 aromatic rings. The molecule has 1 aliphatic heterocycles. The highest BCUT2D eigenvalue weighted by Crippen LogP contribution is 2.48. The van der Waals surface area contributed by atoms with Crippen molar-refractivity contribution in [1.29, 1.82) is 0 Å². The van der Waals surface area contributed by atoms with Crippen LogP contribution in [0.4, 0.5) is 10.2 Å². The van der Waals surface area contributed by atoms with E-state index in [1.807, 2.05) is 85.8 Å². The minimum atomic E-state index is -0.344. The third-order valence-corrected chi connectivity index (χ3v) is 8.76. The molecule has 43 heavy (non-hydrogen) atoms. The van der Waals surface area contributed by atoms with Crippen molar-refractivity contribution in [2.45, 2.75) is 18.7 Å². The summed E-state index contributed by atoms with van der Waals surface area (Å²) in [6, 6.07) is 31.3. The quantitative estimate of drug-likeness (QED) is 0.213. The number of amides is 2. The van der Waals surface area contributed by atoms with Crippen molar-refractivity contribution < 1.29 is 14.0 Å². The van der Waals surface area contributed by atoms with Crippen LogP contribution < -0.4 is 10.2 Å². The molecule has 0 saturated carbocycles. The molecule has 0 saturated heterocycles. The van der Waals surface area contributed by atoms with Gasteiger partial charge in [-0.05, 0) is 54.4 Å². The van der Waals surface area contributed by atoms with Crippen molar-refractivity contribution in [3.63, 3.8) is 0 Å². The van der Waals surface area contributed by atoms with Gasteiger partial charge in [-0.3, -0.25) is 14.5 Å². The summed E-state index contributed by atoms with van der Waals surface area (Å²) >= 11 is 7.93. The van der Waals surface area contributed by atoms with Crippen LogP contribution in [0.3, 0.4) is 0 Å². The lowest BCUT2D eigenvalue weighted by atomic mass is 9.99. The van der Waals surface area contributed by atoms with Crippen LogP contribution in [0.15, 0.2) is 103 Å². The SMILES string of the molecule is Cc1ccc(-n2nc(-c3ccccc3)c3c2N(CC(=O)NCc2ccc(F)cc2)C(=O)CS[C@@H]3c2cccc(Cl)c2)cc1. The number of carbonyl (C=O) groups is 2. The fourth-order valence-electron chi connectivity index (χ4n) is 5.13. The second kappa shape index (κ2) is 12.5. The number of thioether (sulfide) groups is 1. The van der Waals surface area contributed by atoms with E-state index in [9.17, 15) is 14.0 Å². The molecule has 1 aromatic heterocycles. The second-order valence-corrected chi connectivity index (χ2v) is 11.9. The van der Waals surface area contributed by atoms with E-state index in [1.54, 1.807) is 16.8 Å². The number of benzene rings is 4. The normalized spacial score (nSPS) is 14.7. The van der Waals surface area contributed by atoms with Crippen molar-refractivity contribution in [3.05, 3.63) is 136 Å². The Balaban J connectivity index is 1.49. The standard InChI is InChI=1S/C34H28ClFN4O2S/c1-22-10-16-28(17-11-22)40-34-31(32(38-40)24-6-3-2-4-7-24)33(25-8-5-9-26(35)18-25)43-21-30(42)39(34)20-29(41)37-19-23-12-14-27(36)15-13-23/h2-18,33H,19-21H2,1H3,(H,37,41)/t33-/m1/s1. The molecule has 0 radical (unpaired) electrons. The Bertz CT molecular complexity index is 1780. The lowest BCUT2D eigenvalue weighted by Crippen LogP contribution is -2.42. The minimum Gasteiger partial charge on any atom is -0.350 e. The van der Waals surface area contributed by atoms with Crippen molar-refractivity contribution >= 4 is 41.0 Å². The maximum absolute atomic E-state index is 13.9. The summed E-state index contributed by atoms with van der Waals surface area (Å²) in [5.41, 5.74) is 6.00. The number of carbonyl (C=O) groups excluding carboxylic acids is 2. The number of fused-ring (bicyclic) bond motifs is 1. The van der Waals surface area contributed by atoms with Crippen LogP contribution in [-0.4, -0.2) is 33.9 Å². The molecule has 0 bridgehead atoms. The van der Waals surface area contributed by atoms with E-state index < -0.39 is 0 Å². The summed E-state index contributed by atoms with van der Waals surface area (Å²) in [4.78, 5) is 28.8. The molecule has 0 aliphatic carbocycles. The molecule has 1 atom stereocenters. The molecule has 6 nitrogen and oxygen atoms in total.